The summed E-state index contributed by atoms with van der Waals surface area (Å²) < 4.78 is 0. The highest BCUT2D eigenvalue weighted by atomic mass is 79.9. The molecule has 78 valence electrons. The number of benzene rings is 1. The van der Waals surface area contributed by atoms with Gasteiger partial charge in [-0.1, -0.05) is 45.4 Å². The Morgan fingerprint density at radius 3 is 2.87 bits per heavy atom. The number of hydrogen-bond donors (Lipinski definition) is 1. The summed E-state index contributed by atoms with van der Waals surface area (Å²) in [6, 6.07) is 4.88. The predicted octanol–water partition coefficient (Wildman–Crippen LogP) is 3.17. The summed E-state index contributed by atoms with van der Waals surface area (Å²) in [6.07, 6.45) is 0.672. The van der Waals surface area contributed by atoms with Crippen LogP contribution in [-0.2, 0) is 0 Å². The van der Waals surface area contributed by atoms with Gasteiger partial charge in [-0.25, -0.2) is 4.79 Å². The van der Waals surface area contributed by atoms with Crippen LogP contribution in [0.2, 0.25) is 5.02 Å². The number of rotatable bonds is 2. The van der Waals surface area contributed by atoms with Gasteiger partial charge in [-0.2, -0.15) is 0 Å². The van der Waals surface area contributed by atoms with Gasteiger partial charge in [0.1, 0.15) is 0 Å². The van der Waals surface area contributed by atoms with Crippen LogP contribution in [0.1, 0.15) is 22.3 Å². The van der Waals surface area contributed by atoms with Crippen LogP contribution in [-0.4, -0.2) is 16.4 Å². The van der Waals surface area contributed by atoms with E-state index >= 15 is 0 Å². The molecule has 1 rings (SSSR count). The largest absolute Gasteiger partial charge is 0.478 e. The van der Waals surface area contributed by atoms with Crippen molar-refractivity contribution in [3.63, 3.8) is 0 Å². The molecule has 0 aromatic heterocycles. The second-order valence-corrected chi connectivity index (χ2v) is 3.91. The summed E-state index contributed by atoms with van der Waals surface area (Å²) >= 11 is 9.02. The quantitative estimate of drug-likeness (QED) is 0.670. The molecule has 0 saturated carbocycles. The second-order valence-electron chi connectivity index (χ2n) is 2.71. The molecule has 0 saturated heterocycles. The molecule has 0 aliphatic heterocycles. The van der Waals surface area contributed by atoms with E-state index in [1.165, 1.54) is 0 Å². The smallest absolute Gasteiger partial charge is 0.338 e. The zero-order chi connectivity index (χ0) is 11.3. The second kappa shape index (κ2) is 5.79. The van der Waals surface area contributed by atoms with Crippen LogP contribution in [0.15, 0.2) is 18.2 Å². The van der Waals surface area contributed by atoms with Crippen LogP contribution in [0.5, 0.6) is 0 Å². The van der Waals surface area contributed by atoms with Crippen LogP contribution in [0.25, 0.3) is 0 Å². The Morgan fingerprint density at radius 2 is 2.27 bits per heavy atom. The molecule has 1 aromatic rings. The summed E-state index contributed by atoms with van der Waals surface area (Å²) in [5, 5.41) is 9.92. The molecule has 1 N–H and O–H groups in total. The normalized spacial score (nSPS) is 9.20. The highest BCUT2D eigenvalue weighted by Crippen LogP contribution is 2.19. The van der Waals surface area contributed by atoms with Crippen molar-refractivity contribution in [2.75, 3.05) is 5.33 Å². The Bertz CT molecular complexity index is 432. The van der Waals surface area contributed by atoms with Crippen molar-refractivity contribution in [2.45, 2.75) is 6.42 Å². The number of halogens is 2. The third-order valence-corrected chi connectivity index (χ3v) is 2.38. The molecule has 0 aliphatic carbocycles. The van der Waals surface area contributed by atoms with Crippen molar-refractivity contribution in [3.8, 4) is 11.8 Å². The summed E-state index contributed by atoms with van der Waals surface area (Å²) in [7, 11) is 0. The van der Waals surface area contributed by atoms with E-state index in [9.17, 15) is 4.79 Å². The van der Waals surface area contributed by atoms with E-state index in [4.69, 9.17) is 16.7 Å². The first-order valence-electron chi connectivity index (χ1n) is 4.23. The Balaban J connectivity index is 3.13. The van der Waals surface area contributed by atoms with Crippen molar-refractivity contribution in [1.82, 2.24) is 0 Å². The molecule has 0 radical (unpaired) electrons. The average molecular weight is 288 g/mol. The summed E-state index contributed by atoms with van der Waals surface area (Å²) in [6.45, 7) is 0. The van der Waals surface area contributed by atoms with Gasteiger partial charge in [0.25, 0.3) is 0 Å². The van der Waals surface area contributed by atoms with E-state index in [1.54, 1.807) is 18.2 Å². The van der Waals surface area contributed by atoms with Crippen molar-refractivity contribution in [2.24, 2.45) is 0 Å². The molecule has 0 bridgehead atoms. The van der Waals surface area contributed by atoms with Crippen LogP contribution in [0.4, 0.5) is 0 Å². The van der Waals surface area contributed by atoms with Gasteiger partial charge in [-0.15, -0.1) is 0 Å². The van der Waals surface area contributed by atoms with Gasteiger partial charge < -0.3 is 5.11 Å². The van der Waals surface area contributed by atoms with Crippen LogP contribution >= 0.6 is 27.5 Å². The minimum atomic E-state index is -1.05. The minimum Gasteiger partial charge on any atom is -0.478 e. The Kier molecular flexibility index (Phi) is 4.67. The monoisotopic (exact) mass is 286 g/mol. The van der Waals surface area contributed by atoms with Gasteiger partial charge >= 0.3 is 5.97 Å². The highest BCUT2D eigenvalue weighted by molar-refractivity contribution is 9.09. The molecule has 15 heavy (non-hydrogen) atoms. The van der Waals surface area contributed by atoms with E-state index in [0.29, 0.717) is 12.0 Å². The number of carboxylic acid groups (broad SMARTS) is 1. The first-order chi connectivity index (χ1) is 7.16. The zero-order valence-corrected chi connectivity index (χ0v) is 10.1. The van der Waals surface area contributed by atoms with E-state index < -0.39 is 5.97 Å². The van der Waals surface area contributed by atoms with Gasteiger partial charge in [0.15, 0.2) is 0 Å². The number of carbonyl (C=O) groups is 1. The lowest BCUT2D eigenvalue weighted by Crippen LogP contribution is -2.00. The fourth-order valence-corrected chi connectivity index (χ4v) is 1.50. The maximum Gasteiger partial charge on any atom is 0.338 e. The van der Waals surface area contributed by atoms with Crippen molar-refractivity contribution < 1.29 is 9.90 Å². The zero-order valence-electron chi connectivity index (χ0n) is 7.76. The minimum absolute atomic E-state index is 0.0706. The molecular formula is C11H8BrClO2. The maximum atomic E-state index is 10.9. The molecule has 1 aromatic carbocycles. The number of hydrogen-bond acceptors (Lipinski definition) is 1. The molecule has 2 nitrogen and oxygen atoms in total. The highest BCUT2D eigenvalue weighted by Gasteiger charge is 2.12. The predicted molar refractivity (Wildman–Crippen MR) is 63.7 cm³/mol. The van der Waals surface area contributed by atoms with Crippen molar-refractivity contribution >= 4 is 33.5 Å². The van der Waals surface area contributed by atoms with E-state index in [-0.39, 0.29) is 10.6 Å². The summed E-state index contributed by atoms with van der Waals surface area (Å²) in [5.74, 6) is 4.59. The molecule has 0 amide bonds. The third-order valence-electron chi connectivity index (χ3n) is 1.67. The van der Waals surface area contributed by atoms with Gasteiger partial charge in [-0.05, 0) is 12.1 Å². The van der Waals surface area contributed by atoms with Gasteiger partial charge in [0.05, 0.1) is 10.6 Å². The fourth-order valence-electron chi connectivity index (χ4n) is 1.05. The van der Waals surface area contributed by atoms with Gasteiger partial charge in [-0.3, -0.25) is 0 Å². The molecule has 0 heterocycles. The van der Waals surface area contributed by atoms with Crippen molar-refractivity contribution in [3.05, 3.63) is 34.3 Å². The van der Waals surface area contributed by atoms with Gasteiger partial charge in [0, 0.05) is 17.3 Å². The standard InChI is InChI=1S/C11H8BrClO2/c12-7-2-1-4-8-5-3-6-9(13)10(8)11(14)15/h3,5-6H,2,7H2,(H,14,15). The average Bonchev–Trinajstić information content (AvgIpc) is 2.17. The summed E-state index contributed by atoms with van der Waals surface area (Å²) in [5.41, 5.74) is 0.525. The van der Waals surface area contributed by atoms with Crippen molar-refractivity contribution in [1.29, 1.82) is 0 Å². The molecule has 0 unspecified atom stereocenters. The van der Waals surface area contributed by atoms with Gasteiger partial charge in [0.2, 0.25) is 0 Å². The number of alkyl halides is 1. The number of carboxylic acids is 1. The molecule has 0 aliphatic rings. The third kappa shape index (κ3) is 3.26. The SMILES string of the molecule is O=C(O)c1c(Cl)cccc1C#CCCBr. The van der Waals surface area contributed by atoms with E-state index in [0.717, 1.165) is 5.33 Å². The van der Waals surface area contributed by atoms with E-state index in [1.807, 2.05) is 0 Å². The topological polar surface area (TPSA) is 37.3 Å². The first kappa shape index (κ1) is 12.1. The lowest BCUT2D eigenvalue weighted by atomic mass is 10.1. The maximum absolute atomic E-state index is 10.9. The number of aromatic carboxylic acids is 1. The molecule has 0 fully saturated rings. The van der Waals surface area contributed by atoms with Crippen LogP contribution in [0.3, 0.4) is 0 Å². The Hall–Kier alpha value is -0.980. The van der Waals surface area contributed by atoms with Crippen LogP contribution in [0, 0.1) is 11.8 Å². The van der Waals surface area contributed by atoms with E-state index in [2.05, 4.69) is 27.8 Å². The molecular weight excluding hydrogens is 279 g/mol. The molecule has 0 spiro atoms. The molecule has 0 atom stereocenters. The lowest BCUT2D eigenvalue weighted by Gasteiger charge is -2.00. The van der Waals surface area contributed by atoms with Crippen LogP contribution < -0.4 is 0 Å². The fraction of sp³-hybridized carbons (Fsp3) is 0.182. The Labute approximate surface area is 101 Å². The first-order valence-corrected chi connectivity index (χ1v) is 5.73. The molecule has 4 heteroatoms. The lowest BCUT2D eigenvalue weighted by molar-refractivity contribution is 0.0697. The Morgan fingerprint density at radius 1 is 1.53 bits per heavy atom. The summed E-state index contributed by atoms with van der Waals surface area (Å²) in [4.78, 5) is 10.9.